The van der Waals surface area contributed by atoms with Crippen LogP contribution in [0.4, 0.5) is 0 Å². The number of carbonyl (C=O) groups excluding carboxylic acids is 1. The van der Waals surface area contributed by atoms with Gasteiger partial charge in [0.1, 0.15) is 0 Å². The number of hydrogen-bond donors (Lipinski definition) is 0. The number of alkyl halides is 2. The van der Waals surface area contributed by atoms with Crippen LogP contribution in [-0.2, 0) is 4.79 Å². The Hall–Kier alpha value is 0.430. The zero-order chi connectivity index (χ0) is 10.8. The van der Waals surface area contributed by atoms with Crippen LogP contribution in [0, 0.1) is 0 Å². The van der Waals surface area contributed by atoms with Crippen LogP contribution >= 0.6 is 31.9 Å². The van der Waals surface area contributed by atoms with E-state index in [2.05, 4.69) is 31.9 Å². The Balaban J connectivity index is 4.68. The summed E-state index contributed by atoms with van der Waals surface area (Å²) < 4.78 is -0.644. The Kier molecular flexibility index (Phi) is 4.94. The average Bonchev–Trinajstić information content (AvgIpc) is 1.82. The summed E-state index contributed by atoms with van der Waals surface area (Å²) in [6, 6.07) is 0.448. The molecule has 13 heavy (non-hydrogen) atoms. The molecule has 0 bridgehead atoms. The molecule has 0 aromatic heterocycles. The molecule has 0 aliphatic carbocycles. The van der Waals surface area contributed by atoms with Crippen molar-refractivity contribution in [2.45, 2.75) is 49.9 Å². The van der Waals surface area contributed by atoms with Crippen LogP contribution in [0.2, 0.25) is 0 Å². The van der Waals surface area contributed by atoms with E-state index in [1.807, 2.05) is 32.6 Å². The monoisotopic (exact) mass is 313 g/mol. The second-order valence-corrected chi connectivity index (χ2v) is 8.02. The maximum absolute atomic E-state index is 11.9. The third-order valence-electron chi connectivity index (χ3n) is 1.72. The molecule has 0 aromatic carbocycles. The Morgan fingerprint density at radius 3 is 1.54 bits per heavy atom. The Labute approximate surface area is 97.3 Å². The summed E-state index contributed by atoms with van der Waals surface area (Å²) >= 11 is 6.61. The van der Waals surface area contributed by atoms with Crippen molar-refractivity contribution in [1.29, 1.82) is 0 Å². The minimum atomic E-state index is -0.644. The summed E-state index contributed by atoms with van der Waals surface area (Å²) in [5.74, 6) is 0.0671. The van der Waals surface area contributed by atoms with Gasteiger partial charge in [0.25, 0.3) is 0 Å². The lowest BCUT2D eigenvalue weighted by Crippen LogP contribution is -2.47. The van der Waals surface area contributed by atoms with E-state index in [-0.39, 0.29) is 18.0 Å². The summed E-state index contributed by atoms with van der Waals surface area (Å²) in [4.78, 5) is 13.7. The molecule has 2 nitrogen and oxygen atoms in total. The SMILES string of the molecule is CC(C)N(C(=O)C(C)(Br)Br)C(C)C. The molecule has 0 rings (SSSR count). The summed E-state index contributed by atoms with van der Waals surface area (Å²) in [5.41, 5.74) is 0. The predicted molar refractivity (Wildman–Crippen MR) is 63.4 cm³/mol. The van der Waals surface area contributed by atoms with Gasteiger partial charge in [0, 0.05) is 12.1 Å². The molecule has 0 saturated carbocycles. The molecule has 0 heterocycles. The van der Waals surface area contributed by atoms with Gasteiger partial charge >= 0.3 is 0 Å². The predicted octanol–water partition coefficient (Wildman–Crippen LogP) is 3.14. The van der Waals surface area contributed by atoms with Gasteiger partial charge in [-0.3, -0.25) is 4.79 Å². The molecule has 0 unspecified atom stereocenters. The van der Waals surface area contributed by atoms with Gasteiger partial charge in [-0.1, -0.05) is 31.9 Å². The number of carbonyl (C=O) groups is 1. The lowest BCUT2D eigenvalue weighted by Gasteiger charge is -2.34. The standard InChI is InChI=1S/C9H17Br2NO/c1-6(2)12(7(3)4)8(13)9(5,10)11/h6-7H,1-5H3. The second kappa shape index (κ2) is 4.78. The van der Waals surface area contributed by atoms with Gasteiger partial charge in [0.2, 0.25) is 5.91 Å². The molecule has 1 amide bonds. The highest BCUT2D eigenvalue weighted by molar-refractivity contribution is 9.25. The molecule has 0 aromatic rings. The van der Waals surface area contributed by atoms with Crippen LogP contribution in [0.15, 0.2) is 0 Å². The van der Waals surface area contributed by atoms with Crippen molar-refractivity contribution in [2.75, 3.05) is 0 Å². The molecule has 0 aliphatic heterocycles. The highest BCUT2D eigenvalue weighted by Crippen LogP contribution is 2.29. The first kappa shape index (κ1) is 13.4. The molecule has 0 atom stereocenters. The number of nitrogens with zero attached hydrogens (tertiary/aromatic N) is 1. The lowest BCUT2D eigenvalue weighted by molar-refractivity contribution is -0.134. The van der Waals surface area contributed by atoms with Gasteiger partial charge in [-0.15, -0.1) is 0 Å². The number of halogens is 2. The van der Waals surface area contributed by atoms with Gasteiger partial charge < -0.3 is 4.90 Å². The molecule has 0 aliphatic rings. The minimum Gasteiger partial charge on any atom is -0.336 e. The van der Waals surface area contributed by atoms with Crippen molar-refractivity contribution in [3.63, 3.8) is 0 Å². The zero-order valence-corrected chi connectivity index (χ0v) is 11.9. The van der Waals surface area contributed by atoms with E-state index in [1.54, 1.807) is 6.92 Å². The Morgan fingerprint density at radius 2 is 1.46 bits per heavy atom. The fourth-order valence-electron chi connectivity index (χ4n) is 1.29. The van der Waals surface area contributed by atoms with Crippen LogP contribution in [0.5, 0.6) is 0 Å². The third kappa shape index (κ3) is 3.98. The van der Waals surface area contributed by atoms with Gasteiger partial charge in [-0.25, -0.2) is 0 Å². The first-order valence-corrected chi connectivity index (χ1v) is 5.97. The molecule has 0 N–H and O–H groups in total. The highest BCUT2D eigenvalue weighted by Gasteiger charge is 2.33. The van der Waals surface area contributed by atoms with Crippen LogP contribution < -0.4 is 0 Å². The molecular weight excluding hydrogens is 298 g/mol. The van der Waals surface area contributed by atoms with Gasteiger partial charge in [-0.05, 0) is 34.6 Å². The summed E-state index contributed by atoms with van der Waals surface area (Å²) in [6.45, 7) is 9.87. The van der Waals surface area contributed by atoms with Gasteiger partial charge in [0.15, 0.2) is 3.23 Å². The molecule has 0 radical (unpaired) electrons. The van der Waals surface area contributed by atoms with Gasteiger partial charge in [-0.2, -0.15) is 0 Å². The molecular formula is C9H17Br2NO. The fraction of sp³-hybridized carbons (Fsp3) is 0.889. The molecule has 0 saturated heterocycles. The molecule has 0 spiro atoms. The van der Waals surface area contributed by atoms with Crippen molar-refractivity contribution in [1.82, 2.24) is 4.90 Å². The van der Waals surface area contributed by atoms with Crippen LogP contribution in [0.1, 0.15) is 34.6 Å². The zero-order valence-electron chi connectivity index (χ0n) is 8.77. The fourth-order valence-corrected chi connectivity index (χ4v) is 1.70. The summed E-state index contributed by atoms with van der Waals surface area (Å²) in [7, 11) is 0. The number of rotatable bonds is 3. The summed E-state index contributed by atoms with van der Waals surface area (Å²) in [6.07, 6.45) is 0. The van der Waals surface area contributed by atoms with Crippen LogP contribution in [0.25, 0.3) is 0 Å². The highest BCUT2D eigenvalue weighted by atomic mass is 79.9. The van der Waals surface area contributed by atoms with E-state index in [9.17, 15) is 4.79 Å². The average molecular weight is 315 g/mol. The lowest BCUT2D eigenvalue weighted by atomic mass is 10.2. The van der Waals surface area contributed by atoms with Crippen LogP contribution in [-0.4, -0.2) is 26.1 Å². The van der Waals surface area contributed by atoms with Crippen LogP contribution in [0.3, 0.4) is 0 Å². The van der Waals surface area contributed by atoms with E-state index in [0.717, 1.165) is 0 Å². The largest absolute Gasteiger partial charge is 0.336 e. The van der Waals surface area contributed by atoms with E-state index < -0.39 is 3.23 Å². The first-order chi connectivity index (χ1) is 5.68. The number of amides is 1. The maximum Gasteiger partial charge on any atom is 0.250 e. The molecule has 0 fully saturated rings. The van der Waals surface area contributed by atoms with Gasteiger partial charge in [0.05, 0.1) is 0 Å². The van der Waals surface area contributed by atoms with Crippen molar-refractivity contribution in [3.8, 4) is 0 Å². The first-order valence-electron chi connectivity index (χ1n) is 4.38. The molecule has 4 heteroatoms. The quantitative estimate of drug-likeness (QED) is 0.733. The third-order valence-corrected chi connectivity index (χ3v) is 2.40. The number of hydrogen-bond acceptors (Lipinski definition) is 1. The molecule has 78 valence electrons. The Morgan fingerprint density at radius 1 is 1.15 bits per heavy atom. The normalized spacial score (nSPS) is 12.4. The van der Waals surface area contributed by atoms with Crippen molar-refractivity contribution < 1.29 is 4.79 Å². The van der Waals surface area contributed by atoms with E-state index in [1.165, 1.54) is 0 Å². The van der Waals surface area contributed by atoms with Crippen molar-refractivity contribution >= 4 is 37.8 Å². The van der Waals surface area contributed by atoms with E-state index in [0.29, 0.717) is 0 Å². The van der Waals surface area contributed by atoms with E-state index in [4.69, 9.17) is 0 Å². The second-order valence-electron chi connectivity index (χ2n) is 3.79. The topological polar surface area (TPSA) is 20.3 Å². The summed E-state index contributed by atoms with van der Waals surface area (Å²) in [5, 5.41) is 0. The Bertz CT molecular complexity index is 177. The van der Waals surface area contributed by atoms with Crippen molar-refractivity contribution in [3.05, 3.63) is 0 Å². The minimum absolute atomic E-state index is 0.0671. The smallest absolute Gasteiger partial charge is 0.250 e. The maximum atomic E-state index is 11.9. The van der Waals surface area contributed by atoms with E-state index >= 15 is 0 Å². The van der Waals surface area contributed by atoms with Crippen molar-refractivity contribution in [2.24, 2.45) is 0 Å².